The monoisotopic (exact) mass is 247 g/mol. The zero-order valence-corrected chi connectivity index (χ0v) is 11.1. The second-order valence-electron chi connectivity index (χ2n) is 4.98. The summed E-state index contributed by atoms with van der Waals surface area (Å²) in [7, 11) is 0. The lowest BCUT2D eigenvalue weighted by atomic mass is 10.0. The van der Waals surface area contributed by atoms with E-state index in [0.29, 0.717) is 0 Å². The molecule has 0 saturated carbocycles. The van der Waals surface area contributed by atoms with Gasteiger partial charge >= 0.3 is 0 Å². The number of hydrogen-bond acceptors (Lipinski definition) is 1. The van der Waals surface area contributed by atoms with Crippen molar-refractivity contribution in [2.24, 2.45) is 0 Å². The van der Waals surface area contributed by atoms with Gasteiger partial charge < -0.3 is 0 Å². The molecule has 0 radical (unpaired) electrons. The maximum atomic E-state index is 4.51. The SMILES string of the molecule is Cc1ccc(CCc2cccc3cccnc23)cc1. The third kappa shape index (κ3) is 2.65. The molecule has 0 atom stereocenters. The molecular formula is C18H17N. The summed E-state index contributed by atoms with van der Waals surface area (Å²) >= 11 is 0. The molecule has 0 bridgehead atoms. The van der Waals surface area contributed by atoms with Gasteiger partial charge in [-0.25, -0.2) is 0 Å². The Bertz CT molecular complexity index is 678. The van der Waals surface area contributed by atoms with Gasteiger partial charge in [0.05, 0.1) is 5.52 Å². The summed E-state index contributed by atoms with van der Waals surface area (Å²) in [5.74, 6) is 0. The van der Waals surface area contributed by atoms with Crippen LogP contribution in [-0.2, 0) is 12.8 Å². The third-order valence-corrected chi connectivity index (χ3v) is 3.52. The lowest BCUT2D eigenvalue weighted by molar-refractivity contribution is 0.964. The highest BCUT2D eigenvalue weighted by Gasteiger charge is 2.02. The molecule has 94 valence electrons. The van der Waals surface area contributed by atoms with Gasteiger partial charge in [-0.15, -0.1) is 0 Å². The molecule has 0 N–H and O–H groups in total. The van der Waals surface area contributed by atoms with E-state index in [1.165, 1.54) is 22.1 Å². The van der Waals surface area contributed by atoms with Crippen molar-refractivity contribution in [2.75, 3.05) is 0 Å². The zero-order chi connectivity index (χ0) is 13.1. The molecule has 1 heteroatoms. The number of rotatable bonds is 3. The van der Waals surface area contributed by atoms with Crippen LogP contribution in [-0.4, -0.2) is 4.98 Å². The number of hydrogen-bond donors (Lipinski definition) is 0. The normalized spacial score (nSPS) is 10.8. The van der Waals surface area contributed by atoms with Gasteiger partial charge in [-0.3, -0.25) is 4.98 Å². The van der Waals surface area contributed by atoms with Crippen LogP contribution >= 0.6 is 0 Å². The van der Waals surface area contributed by atoms with Crippen molar-refractivity contribution in [1.29, 1.82) is 0 Å². The van der Waals surface area contributed by atoms with E-state index in [2.05, 4.69) is 60.4 Å². The number of nitrogens with zero attached hydrogens (tertiary/aromatic N) is 1. The molecule has 19 heavy (non-hydrogen) atoms. The predicted molar refractivity (Wildman–Crippen MR) is 80.3 cm³/mol. The Morgan fingerprint density at radius 1 is 0.842 bits per heavy atom. The van der Waals surface area contributed by atoms with Gasteiger partial charge in [0.15, 0.2) is 0 Å². The number of fused-ring (bicyclic) bond motifs is 1. The smallest absolute Gasteiger partial charge is 0.0733 e. The highest BCUT2D eigenvalue weighted by atomic mass is 14.6. The van der Waals surface area contributed by atoms with Crippen molar-refractivity contribution in [1.82, 2.24) is 4.98 Å². The first-order valence-electron chi connectivity index (χ1n) is 6.71. The number of benzene rings is 2. The number of para-hydroxylation sites is 1. The Hall–Kier alpha value is -2.15. The largest absolute Gasteiger partial charge is 0.256 e. The van der Waals surface area contributed by atoms with Crippen LogP contribution in [0.3, 0.4) is 0 Å². The second-order valence-corrected chi connectivity index (χ2v) is 4.98. The molecule has 1 heterocycles. The van der Waals surface area contributed by atoms with Gasteiger partial charge in [0, 0.05) is 11.6 Å². The summed E-state index contributed by atoms with van der Waals surface area (Å²) in [6.07, 6.45) is 3.98. The van der Waals surface area contributed by atoms with Crippen LogP contribution in [0.2, 0.25) is 0 Å². The first-order valence-corrected chi connectivity index (χ1v) is 6.71. The Labute approximate surface area is 113 Å². The van der Waals surface area contributed by atoms with Crippen molar-refractivity contribution >= 4 is 10.9 Å². The standard InChI is InChI=1S/C18H17N/c1-14-7-9-15(10-8-14)11-12-17-5-2-4-16-6-3-13-19-18(16)17/h2-10,13H,11-12H2,1H3. The van der Waals surface area contributed by atoms with Gasteiger partial charge in [-0.2, -0.15) is 0 Å². The molecule has 1 aromatic heterocycles. The molecule has 1 nitrogen and oxygen atoms in total. The number of aryl methyl sites for hydroxylation is 3. The van der Waals surface area contributed by atoms with Crippen LogP contribution < -0.4 is 0 Å². The number of pyridine rings is 1. The van der Waals surface area contributed by atoms with Gasteiger partial charge in [0.25, 0.3) is 0 Å². The lowest BCUT2D eigenvalue weighted by Crippen LogP contribution is -1.94. The molecule has 3 rings (SSSR count). The minimum Gasteiger partial charge on any atom is -0.256 e. The topological polar surface area (TPSA) is 12.9 Å². The minimum absolute atomic E-state index is 1.04. The van der Waals surface area contributed by atoms with Crippen LogP contribution in [0.5, 0.6) is 0 Å². The third-order valence-electron chi connectivity index (χ3n) is 3.52. The molecule has 0 saturated heterocycles. The Morgan fingerprint density at radius 2 is 1.63 bits per heavy atom. The Kier molecular flexibility index (Phi) is 3.28. The fourth-order valence-corrected chi connectivity index (χ4v) is 2.40. The molecule has 0 aliphatic carbocycles. The van der Waals surface area contributed by atoms with E-state index in [4.69, 9.17) is 0 Å². The Balaban J connectivity index is 1.84. The fourth-order valence-electron chi connectivity index (χ4n) is 2.40. The van der Waals surface area contributed by atoms with E-state index in [1.807, 2.05) is 12.3 Å². The minimum atomic E-state index is 1.04. The van der Waals surface area contributed by atoms with E-state index < -0.39 is 0 Å². The summed E-state index contributed by atoms with van der Waals surface area (Å²) < 4.78 is 0. The molecule has 2 aromatic carbocycles. The lowest BCUT2D eigenvalue weighted by Gasteiger charge is -2.06. The van der Waals surface area contributed by atoms with Crippen molar-refractivity contribution < 1.29 is 0 Å². The molecular weight excluding hydrogens is 230 g/mol. The van der Waals surface area contributed by atoms with E-state index >= 15 is 0 Å². The van der Waals surface area contributed by atoms with Crippen LogP contribution in [0.1, 0.15) is 16.7 Å². The molecule has 0 spiro atoms. The van der Waals surface area contributed by atoms with Gasteiger partial charge in [-0.1, -0.05) is 54.1 Å². The summed E-state index contributed by atoms with van der Waals surface area (Å²) in [4.78, 5) is 4.51. The second kappa shape index (κ2) is 5.23. The Morgan fingerprint density at radius 3 is 2.47 bits per heavy atom. The van der Waals surface area contributed by atoms with Crippen LogP contribution in [0.15, 0.2) is 60.8 Å². The maximum absolute atomic E-state index is 4.51. The highest BCUT2D eigenvalue weighted by molar-refractivity contribution is 5.81. The fraction of sp³-hybridized carbons (Fsp3) is 0.167. The van der Waals surface area contributed by atoms with Crippen LogP contribution in [0.25, 0.3) is 10.9 Å². The summed E-state index contributed by atoms with van der Waals surface area (Å²) in [5, 5.41) is 1.23. The van der Waals surface area contributed by atoms with Crippen molar-refractivity contribution in [3.05, 3.63) is 77.5 Å². The van der Waals surface area contributed by atoms with E-state index in [9.17, 15) is 0 Å². The molecule has 0 aliphatic rings. The molecule has 0 amide bonds. The quantitative estimate of drug-likeness (QED) is 0.671. The zero-order valence-electron chi connectivity index (χ0n) is 11.1. The highest BCUT2D eigenvalue weighted by Crippen LogP contribution is 2.18. The predicted octanol–water partition coefficient (Wildman–Crippen LogP) is 4.33. The molecule has 0 aliphatic heterocycles. The number of aromatic nitrogens is 1. The van der Waals surface area contributed by atoms with E-state index in [-0.39, 0.29) is 0 Å². The molecule has 3 aromatic rings. The average molecular weight is 247 g/mol. The summed E-state index contributed by atoms with van der Waals surface area (Å²) in [6, 6.07) is 19.3. The first kappa shape index (κ1) is 11.9. The van der Waals surface area contributed by atoms with Crippen molar-refractivity contribution in [3.8, 4) is 0 Å². The van der Waals surface area contributed by atoms with E-state index in [1.54, 1.807) is 0 Å². The average Bonchev–Trinajstić information content (AvgIpc) is 2.47. The van der Waals surface area contributed by atoms with Crippen molar-refractivity contribution in [2.45, 2.75) is 19.8 Å². The maximum Gasteiger partial charge on any atom is 0.0733 e. The summed E-state index contributed by atoms with van der Waals surface area (Å²) in [5.41, 5.74) is 5.17. The molecule has 0 fully saturated rings. The van der Waals surface area contributed by atoms with Gasteiger partial charge in [0.2, 0.25) is 0 Å². The molecule has 0 unspecified atom stereocenters. The van der Waals surface area contributed by atoms with E-state index in [0.717, 1.165) is 18.4 Å². The van der Waals surface area contributed by atoms with Crippen LogP contribution in [0, 0.1) is 6.92 Å². The first-order chi connectivity index (χ1) is 9.33. The van der Waals surface area contributed by atoms with Gasteiger partial charge in [-0.05, 0) is 37.0 Å². The van der Waals surface area contributed by atoms with Gasteiger partial charge in [0.1, 0.15) is 0 Å². The summed E-state index contributed by atoms with van der Waals surface area (Å²) in [6.45, 7) is 2.12. The van der Waals surface area contributed by atoms with Crippen LogP contribution in [0.4, 0.5) is 0 Å². The van der Waals surface area contributed by atoms with Crippen molar-refractivity contribution in [3.63, 3.8) is 0 Å².